The Hall–Kier alpha value is -1.46. The summed E-state index contributed by atoms with van der Waals surface area (Å²) in [6.07, 6.45) is 11.4. The lowest BCUT2D eigenvalue weighted by Gasteiger charge is -2.60. The largest absolute Gasteiger partial charge is 0.372 e. The number of hydrogen-bond acceptors (Lipinski definition) is 4. The average Bonchev–Trinajstić information content (AvgIpc) is 2.70. The van der Waals surface area contributed by atoms with Gasteiger partial charge in [-0.3, -0.25) is 9.78 Å². The van der Waals surface area contributed by atoms with Gasteiger partial charge in [-0.1, -0.05) is 6.07 Å². The van der Waals surface area contributed by atoms with Crippen molar-refractivity contribution < 1.29 is 14.3 Å². The molecule has 4 saturated carbocycles. The number of likely N-dealkylation sites (tertiary alicyclic amines) is 1. The van der Waals surface area contributed by atoms with E-state index in [0.29, 0.717) is 12.5 Å². The normalized spacial score (nSPS) is 39.5. The second-order valence-corrected chi connectivity index (χ2v) is 10.6. The molecule has 2 saturated heterocycles. The third kappa shape index (κ3) is 3.21. The van der Waals surface area contributed by atoms with Crippen LogP contribution in [0.2, 0.25) is 0 Å². The first-order valence-electron chi connectivity index (χ1n) is 11.6. The van der Waals surface area contributed by atoms with Crippen molar-refractivity contribution in [2.24, 2.45) is 23.2 Å². The number of nitrogens with zero attached hydrogens (tertiary/aromatic N) is 2. The summed E-state index contributed by atoms with van der Waals surface area (Å²) in [5, 5.41) is 0. The first-order chi connectivity index (χ1) is 14.1. The molecule has 1 atom stereocenters. The summed E-state index contributed by atoms with van der Waals surface area (Å²) in [5.74, 6) is 2.89. The van der Waals surface area contributed by atoms with Gasteiger partial charge < -0.3 is 14.4 Å². The Morgan fingerprint density at radius 3 is 2.48 bits per heavy atom. The predicted molar refractivity (Wildman–Crippen MR) is 108 cm³/mol. The van der Waals surface area contributed by atoms with Crippen LogP contribution in [0.5, 0.6) is 0 Å². The Balaban J connectivity index is 1.07. The molecule has 0 radical (unpaired) electrons. The maximum absolute atomic E-state index is 13.5. The molecule has 1 aromatic heterocycles. The number of pyridine rings is 1. The molecular weight excluding hydrogens is 364 g/mol. The minimum absolute atomic E-state index is 0.0279. The van der Waals surface area contributed by atoms with Crippen LogP contribution in [0.25, 0.3) is 0 Å². The van der Waals surface area contributed by atoms with Crippen molar-refractivity contribution in [2.75, 3.05) is 19.7 Å². The molecule has 156 valence electrons. The highest BCUT2D eigenvalue weighted by Gasteiger charge is 2.59. The van der Waals surface area contributed by atoms with E-state index in [1.54, 1.807) is 0 Å². The minimum atomic E-state index is -0.176. The monoisotopic (exact) mass is 396 g/mol. The van der Waals surface area contributed by atoms with Crippen molar-refractivity contribution in [1.82, 2.24) is 9.88 Å². The predicted octanol–water partition coefficient (Wildman–Crippen LogP) is 3.57. The van der Waals surface area contributed by atoms with Gasteiger partial charge in [0.1, 0.15) is 5.60 Å². The van der Waals surface area contributed by atoms with Gasteiger partial charge in [0, 0.05) is 19.2 Å². The summed E-state index contributed by atoms with van der Waals surface area (Å²) in [4.78, 5) is 20.0. The van der Waals surface area contributed by atoms with Gasteiger partial charge in [-0.15, -0.1) is 0 Å². The molecule has 7 rings (SSSR count). The lowest BCUT2D eigenvalue weighted by atomic mass is 9.49. The molecule has 4 aliphatic carbocycles. The highest BCUT2D eigenvalue weighted by Crippen LogP contribution is 2.61. The highest BCUT2D eigenvalue weighted by atomic mass is 16.5. The number of ether oxygens (including phenoxy) is 2. The summed E-state index contributed by atoms with van der Waals surface area (Å²) in [6.45, 7) is 2.80. The zero-order valence-electron chi connectivity index (χ0n) is 17.2. The quantitative estimate of drug-likeness (QED) is 0.781. The van der Waals surface area contributed by atoms with Gasteiger partial charge in [-0.25, -0.2) is 0 Å². The van der Waals surface area contributed by atoms with E-state index in [-0.39, 0.29) is 17.1 Å². The maximum atomic E-state index is 13.5. The van der Waals surface area contributed by atoms with E-state index < -0.39 is 0 Å². The molecule has 5 heteroatoms. The zero-order chi connectivity index (χ0) is 19.5. The lowest BCUT2D eigenvalue weighted by molar-refractivity contribution is -0.212. The van der Waals surface area contributed by atoms with E-state index >= 15 is 0 Å². The summed E-state index contributed by atoms with van der Waals surface area (Å²) in [6, 6.07) is 5.93. The second-order valence-electron chi connectivity index (χ2n) is 10.6. The summed E-state index contributed by atoms with van der Waals surface area (Å²) >= 11 is 0. The van der Waals surface area contributed by atoms with Gasteiger partial charge in [-0.2, -0.15) is 0 Å². The highest BCUT2D eigenvalue weighted by molar-refractivity contribution is 5.84. The zero-order valence-corrected chi connectivity index (χ0v) is 17.2. The minimum Gasteiger partial charge on any atom is -0.372 e. The van der Waals surface area contributed by atoms with Crippen LogP contribution in [0.15, 0.2) is 24.4 Å². The van der Waals surface area contributed by atoms with Crippen molar-refractivity contribution in [2.45, 2.75) is 69.7 Å². The molecule has 1 spiro atoms. The molecule has 2 aliphatic heterocycles. The fraction of sp³-hybridized carbons (Fsp3) is 0.750. The Kier molecular flexibility index (Phi) is 4.28. The lowest BCUT2D eigenvalue weighted by Crippen LogP contribution is -2.70. The van der Waals surface area contributed by atoms with Crippen LogP contribution in [-0.2, 0) is 20.9 Å². The molecule has 3 heterocycles. The van der Waals surface area contributed by atoms with Crippen LogP contribution < -0.4 is 0 Å². The van der Waals surface area contributed by atoms with Crippen LogP contribution in [-0.4, -0.2) is 47.2 Å². The Bertz CT molecular complexity index is 738. The summed E-state index contributed by atoms with van der Waals surface area (Å²) < 4.78 is 12.3. The Labute approximate surface area is 173 Å². The fourth-order valence-corrected chi connectivity index (χ4v) is 7.53. The average molecular weight is 397 g/mol. The molecule has 5 nitrogen and oxygen atoms in total. The molecule has 29 heavy (non-hydrogen) atoms. The molecule has 1 amide bonds. The molecular formula is C24H32N2O3. The molecule has 0 N–H and O–H groups in total. The van der Waals surface area contributed by atoms with E-state index in [1.807, 2.05) is 24.4 Å². The van der Waals surface area contributed by atoms with Crippen molar-refractivity contribution in [3.8, 4) is 0 Å². The Morgan fingerprint density at radius 2 is 1.83 bits per heavy atom. The van der Waals surface area contributed by atoms with Gasteiger partial charge >= 0.3 is 0 Å². The van der Waals surface area contributed by atoms with E-state index in [1.165, 1.54) is 19.3 Å². The van der Waals surface area contributed by atoms with Crippen molar-refractivity contribution >= 4 is 5.91 Å². The number of amides is 1. The first-order valence-corrected chi connectivity index (χ1v) is 11.6. The standard InChI is InChI=1S/C24H32N2O3/c27-22(23-10-17-7-18(11-23)9-19(8-17)12-23)26-15-24(16-26)13-21(4-6-29-24)28-14-20-3-1-2-5-25-20/h1-3,5,17-19,21H,4,6-16H2/t17?,18?,19?,21-,23?/m0/s1. The molecule has 6 aliphatic rings. The van der Waals surface area contributed by atoms with Crippen molar-refractivity contribution in [3.63, 3.8) is 0 Å². The van der Waals surface area contributed by atoms with E-state index in [4.69, 9.17) is 9.47 Å². The Morgan fingerprint density at radius 1 is 1.10 bits per heavy atom. The van der Waals surface area contributed by atoms with Crippen LogP contribution in [0, 0.1) is 23.2 Å². The van der Waals surface area contributed by atoms with Gasteiger partial charge in [0.15, 0.2) is 0 Å². The molecule has 0 unspecified atom stereocenters. The summed E-state index contributed by atoms with van der Waals surface area (Å²) in [5.41, 5.74) is 0.769. The van der Waals surface area contributed by atoms with E-state index in [2.05, 4.69) is 9.88 Å². The fourth-order valence-electron chi connectivity index (χ4n) is 7.53. The van der Waals surface area contributed by atoms with Crippen LogP contribution >= 0.6 is 0 Å². The van der Waals surface area contributed by atoms with E-state index in [0.717, 1.165) is 75.2 Å². The number of rotatable bonds is 4. The number of aromatic nitrogens is 1. The van der Waals surface area contributed by atoms with Crippen LogP contribution in [0.3, 0.4) is 0 Å². The third-order valence-corrected chi connectivity index (χ3v) is 8.38. The van der Waals surface area contributed by atoms with Gasteiger partial charge in [0.2, 0.25) is 5.91 Å². The number of hydrogen-bond donors (Lipinski definition) is 0. The smallest absolute Gasteiger partial charge is 0.229 e. The number of carbonyl (C=O) groups excluding carboxylic acids is 1. The molecule has 1 aromatic rings. The van der Waals surface area contributed by atoms with Crippen LogP contribution in [0.4, 0.5) is 0 Å². The van der Waals surface area contributed by atoms with E-state index in [9.17, 15) is 4.79 Å². The molecule has 0 aromatic carbocycles. The second kappa shape index (κ2) is 6.78. The van der Waals surface area contributed by atoms with Crippen LogP contribution in [0.1, 0.15) is 57.1 Å². The first kappa shape index (κ1) is 18.3. The summed E-state index contributed by atoms with van der Waals surface area (Å²) in [7, 11) is 0. The molecule has 6 fully saturated rings. The topological polar surface area (TPSA) is 51.7 Å². The third-order valence-electron chi connectivity index (χ3n) is 8.38. The van der Waals surface area contributed by atoms with Crippen molar-refractivity contribution in [3.05, 3.63) is 30.1 Å². The molecule has 4 bridgehead atoms. The van der Waals surface area contributed by atoms with Crippen molar-refractivity contribution in [1.29, 1.82) is 0 Å². The van der Waals surface area contributed by atoms with Gasteiger partial charge in [-0.05, 0) is 74.8 Å². The van der Waals surface area contributed by atoms with Gasteiger partial charge in [0.25, 0.3) is 0 Å². The maximum Gasteiger partial charge on any atom is 0.229 e. The number of carbonyl (C=O) groups is 1. The SMILES string of the molecule is O=C(N1CC2(C[C@@H](OCc3ccccn3)CCO2)C1)C12CC3CC(CC(C3)C1)C2. The van der Waals surface area contributed by atoms with Gasteiger partial charge in [0.05, 0.1) is 36.9 Å².